The number of hydrogen-bond donors (Lipinski definition) is 0. The summed E-state index contributed by atoms with van der Waals surface area (Å²) in [5, 5.41) is 0. The monoisotopic (exact) mass is 272 g/mol. The molecule has 2 nitrogen and oxygen atoms in total. The first-order chi connectivity index (χ1) is 8.86. The summed E-state index contributed by atoms with van der Waals surface area (Å²) in [5.74, 6) is -0.929. The molecule has 4 aliphatic rings. The van der Waals surface area contributed by atoms with Crippen molar-refractivity contribution < 1.29 is 18.3 Å². The van der Waals surface area contributed by atoms with E-state index in [1.807, 2.05) is 0 Å². The van der Waals surface area contributed by atoms with Crippen molar-refractivity contribution >= 4 is 5.97 Å². The Kier molecular flexibility index (Phi) is 3.10. The second-order valence-corrected chi connectivity index (χ2v) is 7.15. The lowest BCUT2D eigenvalue weighted by molar-refractivity contribution is -0.173. The van der Waals surface area contributed by atoms with Gasteiger partial charge < -0.3 is 4.74 Å². The number of alkyl halides is 2. The minimum atomic E-state index is -2.75. The minimum Gasteiger partial charge on any atom is -0.465 e. The Hall–Kier alpha value is -0.670. The fraction of sp³-hybridized carbons (Fsp3) is 0.933. The molecule has 0 unspecified atom stereocenters. The van der Waals surface area contributed by atoms with Gasteiger partial charge in [0.15, 0.2) is 0 Å². The van der Waals surface area contributed by atoms with Crippen molar-refractivity contribution in [3.8, 4) is 0 Å². The molecule has 0 atom stereocenters. The Morgan fingerprint density at radius 3 is 2.05 bits per heavy atom. The number of carbonyl (C=O) groups is 1. The lowest BCUT2D eigenvalue weighted by Gasteiger charge is -2.55. The zero-order valence-corrected chi connectivity index (χ0v) is 11.5. The molecule has 0 radical (unpaired) electrons. The molecule has 0 amide bonds. The number of rotatable bonds is 4. The Balaban J connectivity index is 1.60. The predicted molar refractivity (Wildman–Crippen MR) is 66.8 cm³/mol. The Morgan fingerprint density at radius 1 is 1.16 bits per heavy atom. The summed E-state index contributed by atoms with van der Waals surface area (Å²) in [4.78, 5) is 12.3. The quantitative estimate of drug-likeness (QED) is 0.728. The molecule has 0 heterocycles. The van der Waals surface area contributed by atoms with Crippen molar-refractivity contribution in [2.24, 2.45) is 23.2 Å². The third kappa shape index (κ3) is 2.63. The molecule has 4 rings (SSSR count). The highest BCUT2D eigenvalue weighted by atomic mass is 19.3. The molecule has 4 saturated carbocycles. The van der Waals surface area contributed by atoms with Crippen LogP contribution in [0.15, 0.2) is 0 Å². The average Bonchev–Trinajstić information content (AvgIpc) is 2.25. The normalized spacial score (nSPS) is 40.5. The number of carbonyl (C=O) groups excluding carboxylic acids is 1. The van der Waals surface area contributed by atoms with Crippen LogP contribution in [0.25, 0.3) is 0 Å². The van der Waals surface area contributed by atoms with E-state index >= 15 is 0 Å². The van der Waals surface area contributed by atoms with Crippen molar-refractivity contribution in [3.05, 3.63) is 0 Å². The summed E-state index contributed by atoms with van der Waals surface area (Å²) in [7, 11) is 0. The molecule has 0 aromatic carbocycles. The average molecular weight is 272 g/mol. The number of esters is 1. The van der Waals surface area contributed by atoms with Gasteiger partial charge in [-0.25, -0.2) is 8.78 Å². The molecule has 4 aliphatic carbocycles. The third-order valence-electron chi connectivity index (χ3n) is 5.25. The van der Waals surface area contributed by atoms with Crippen LogP contribution in [0.1, 0.15) is 51.9 Å². The van der Waals surface area contributed by atoms with E-state index in [1.54, 1.807) is 0 Å². The van der Waals surface area contributed by atoms with E-state index < -0.39 is 5.92 Å². The molecule has 4 bridgehead atoms. The molecule has 4 heteroatoms. The number of ether oxygens (including phenoxy) is 1. The maximum absolute atomic E-state index is 12.7. The van der Waals surface area contributed by atoms with E-state index in [4.69, 9.17) is 4.74 Å². The van der Waals surface area contributed by atoms with Gasteiger partial charge in [-0.2, -0.15) is 0 Å². The molecule has 0 aromatic heterocycles. The first-order valence-corrected chi connectivity index (χ1v) is 7.41. The van der Waals surface area contributed by atoms with Gasteiger partial charge in [0.05, 0.1) is 12.0 Å². The van der Waals surface area contributed by atoms with E-state index in [1.165, 1.54) is 19.3 Å². The fourth-order valence-corrected chi connectivity index (χ4v) is 4.84. The highest BCUT2D eigenvalue weighted by molar-refractivity contribution is 5.77. The van der Waals surface area contributed by atoms with Gasteiger partial charge >= 0.3 is 5.97 Å². The maximum atomic E-state index is 12.7. The van der Waals surface area contributed by atoms with E-state index in [0.29, 0.717) is 17.8 Å². The molecule has 0 aromatic rings. The van der Waals surface area contributed by atoms with E-state index in [0.717, 1.165) is 26.2 Å². The Labute approximate surface area is 112 Å². The van der Waals surface area contributed by atoms with E-state index in [-0.39, 0.29) is 24.4 Å². The minimum absolute atomic E-state index is 0.149. The molecule has 0 N–H and O–H groups in total. The van der Waals surface area contributed by atoms with Crippen LogP contribution in [0.4, 0.5) is 8.78 Å². The first-order valence-electron chi connectivity index (χ1n) is 7.41. The number of halogens is 2. The molecule has 0 aliphatic heterocycles. The Bertz CT molecular complexity index is 338. The van der Waals surface area contributed by atoms with Gasteiger partial charge in [-0.05, 0) is 63.2 Å². The van der Waals surface area contributed by atoms with Crippen molar-refractivity contribution in [2.75, 3.05) is 6.61 Å². The Morgan fingerprint density at radius 2 is 1.63 bits per heavy atom. The van der Waals surface area contributed by atoms with Gasteiger partial charge in [0, 0.05) is 6.42 Å². The summed E-state index contributed by atoms with van der Waals surface area (Å²) >= 11 is 0. The van der Waals surface area contributed by atoms with Crippen LogP contribution in [-0.2, 0) is 9.53 Å². The SMILES string of the molecule is CC(F)(F)CCOC(=O)C12CC3CC(CC(C3)C1)C2. The van der Waals surface area contributed by atoms with E-state index in [9.17, 15) is 13.6 Å². The zero-order valence-electron chi connectivity index (χ0n) is 11.5. The molecule has 0 saturated heterocycles. The summed E-state index contributed by atoms with van der Waals surface area (Å²) in [5.41, 5.74) is -0.322. The van der Waals surface area contributed by atoms with Crippen LogP contribution < -0.4 is 0 Å². The topological polar surface area (TPSA) is 26.3 Å². The van der Waals surface area contributed by atoms with Crippen LogP contribution in [0, 0.1) is 23.2 Å². The molecule has 0 spiro atoms. The molecule has 4 fully saturated rings. The van der Waals surface area contributed by atoms with Gasteiger partial charge in [-0.3, -0.25) is 4.79 Å². The predicted octanol–water partition coefficient (Wildman–Crippen LogP) is 3.79. The standard InChI is InChI=1S/C15H22F2O2/c1-14(16,17)2-3-19-13(18)15-7-10-4-11(8-15)6-12(5-10)9-15/h10-12H,2-9H2,1H3. The van der Waals surface area contributed by atoms with Gasteiger partial charge in [0.25, 0.3) is 0 Å². The lowest BCUT2D eigenvalue weighted by Crippen LogP contribution is -2.50. The van der Waals surface area contributed by atoms with E-state index in [2.05, 4.69) is 0 Å². The fourth-order valence-electron chi connectivity index (χ4n) is 4.84. The summed E-state index contributed by atoms with van der Waals surface area (Å²) in [6.45, 7) is 0.718. The van der Waals surface area contributed by atoms with Gasteiger partial charge in [0.1, 0.15) is 0 Å². The third-order valence-corrected chi connectivity index (χ3v) is 5.25. The van der Waals surface area contributed by atoms with Crippen LogP contribution >= 0.6 is 0 Å². The second kappa shape index (κ2) is 4.42. The highest BCUT2D eigenvalue weighted by Crippen LogP contribution is 2.60. The van der Waals surface area contributed by atoms with Crippen molar-refractivity contribution in [1.82, 2.24) is 0 Å². The van der Waals surface area contributed by atoms with Crippen LogP contribution in [0.3, 0.4) is 0 Å². The smallest absolute Gasteiger partial charge is 0.312 e. The molecular formula is C15H22F2O2. The van der Waals surface area contributed by atoms with Crippen LogP contribution in [0.5, 0.6) is 0 Å². The summed E-state index contributed by atoms with van der Waals surface area (Å²) < 4.78 is 30.7. The molecule has 108 valence electrons. The lowest BCUT2D eigenvalue weighted by atomic mass is 9.49. The van der Waals surface area contributed by atoms with Crippen molar-refractivity contribution in [2.45, 2.75) is 57.8 Å². The van der Waals surface area contributed by atoms with Crippen LogP contribution in [-0.4, -0.2) is 18.5 Å². The largest absolute Gasteiger partial charge is 0.465 e. The zero-order chi connectivity index (χ0) is 13.7. The second-order valence-electron chi connectivity index (χ2n) is 7.15. The summed E-state index contributed by atoms with van der Waals surface area (Å²) in [6.07, 6.45) is 6.21. The van der Waals surface area contributed by atoms with Crippen LogP contribution in [0.2, 0.25) is 0 Å². The van der Waals surface area contributed by atoms with Gasteiger partial charge in [0.2, 0.25) is 5.92 Å². The maximum Gasteiger partial charge on any atom is 0.312 e. The molecular weight excluding hydrogens is 250 g/mol. The summed E-state index contributed by atoms with van der Waals surface area (Å²) in [6, 6.07) is 0. The van der Waals surface area contributed by atoms with Gasteiger partial charge in [-0.1, -0.05) is 0 Å². The number of hydrogen-bond acceptors (Lipinski definition) is 2. The highest BCUT2D eigenvalue weighted by Gasteiger charge is 2.55. The first kappa shape index (κ1) is 13.3. The van der Waals surface area contributed by atoms with Crippen molar-refractivity contribution in [3.63, 3.8) is 0 Å². The molecule has 19 heavy (non-hydrogen) atoms. The van der Waals surface area contributed by atoms with Gasteiger partial charge in [-0.15, -0.1) is 0 Å². The van der Waals surface area contributed by atoms with Crippen molar-refractivity contribution in [1.29, 1.82) is 0 Å².